The van der Waals surface area contributed by atoms with Crippen molar-refractivity contribution in [1.82, 2.24) is 5.16 Å². The van der Waals surface area contributed by atoms with Crippen molar-refractivity contribution in [3.63, 3.8) is 0 Å². The summed E-state index contributed by atoms with van der Waals surface area (Å²) in [6.45, 7) is 1.35. The van der Waals surface area contributed by atoms with Crippen LogP contribution in [0.2, 0.25) is 5.22 Å². The Morgan fingerprint density at radius 3 is 2.65 bits per heavy atom. The summed E-state index contributed by atoms with van der Waals surface area (Å²) < 4.78 is 16.0. The van der Waals surface area contributed by atoms with E-state index in [2.05, 4.69) is 5.16 Å². The summed E-state index contributed by atoms with van der Waals surface area (Å²) in [6.07, 6.45) is 0.889. The molecule has 0 bridgehead atoms. The molecular weight excluding hydrogens is 242 g/mol. The van der Waals surface area contributed by atoms with Crippen molar-refractivity contribution in [3.8, 4) is 22.8 Å². The second-order valence-electron chi connectivity index (χ2n) is 3.73. The van der Waals surface area contributed by atoms with Gasteiger partial charge in [0.15, 0.2) is 11.5 Å². The van der Waals surface area contributed by atoms with Crippen LogP contribution in [0.1, 0.15) is 6.42 Å². The van der Waals surface area contributed by atoms with Crippen molar-refractivity contribution < 1.29 is 14.0 Å². The molecule has 0 atom stereocenters. The molecule has 17 heavy (non-hydrogen) atoms. The van der Waals surface area contributed by atoms with Gasteiger partial charge in [0.25, 0.3) is 0 Å². The summed E-state index contributed by atoms with van der Waals surface area (Å²) in [5, 5.41) is 4.13. The lowest BCUT2D eigenvalue weighted by Crippen LogP contribution is -1.97. The second-order valence-corrected chi connectivity index (χ2v) is 4.10. The van der Waals surface area contributed by atoms with Crippen LogP contribution in [0.25, 0.3) is 11.3 Å². The molecule has 0 amide bonds. The summed E-state index contributed by atoms with van der Waals surface area (Å²) in [4.78, 5) is 0. The highest BCUT2D eigenvalue weighted by molar-refractivity contribution is 6.29. The lowest BCUT2D eigenvalue weighted by molar-refractivity contribution is 0.297. The van der Waals surface area contributed by atoms with Gasteiger partial charge in [-0.15, -0.1) is 0 Å². The SMILES string of the molecule is Clc1cc(-c2ccc3c(c2)OCCCO3)no1. The van der Waals surface area contributed by atoms with Gasteiger partial charge in [0.05, 0.1) is 13.2 Å². The van der Waals surface area contributed by atoms with E-state index in [1.54, 1.807) is 6.07 Å². The number of ether oxygens (including phenoxy) is 2. The van der Waals surface area contributed by atoms with Gasteiger partial charge in [-0.3, -0.25) is 0 Å². The first kappa shape index (κ1) is 10.5. The average molecular weight is 252 g/mol. The van der Waals surface area contributed by atoms with Crippen LogP contribution in [0.3, 0.4) is 0 Å². The number of benzene rings is 1. The van der Waals surface area contributed by atoms with Gasteiger partial charge in [0.1, 0.15) is 5.69 Å². The van der Waals surface area contributed by atoms with Crippen LogP contribution in [0.5, 0.6) is 11.5 Å². The van der Waals surface area contributed by atoms with Crippen LogP contribution >= 0.6 is 11.6 Å². The topological polar surface area (TPSA) is 44.5 Å². The fraction of sp³-hybridized carbons (Fsp3) is 0.250. The van der Waals surface area contributed by atoms with Crippen LogP contribution in [0, 0.1) is 0 Å². The van der Waals surface area contributed by atoms with Crippen molar-refractivity contribution >= 4 is 11.6 Å². The Balaban J connectivity index is 2.00. The molecule has 0 unspecified atom stereocenters. The van der Waals surface area contributed by atoms with E-state index in [-0.39, 0.29) is 5.22 Å². The second kappa shape index (κ2) is 4.30. The molecule has 1 aliphatic rings. The van der Waals surface area contributed by atoms with Gasteiger partial charge in [0, 0.05) is 18.1 Å². The normalized spacial score (nSPS) is 14.4. The Bertz CT molecular complexity index is 538. The Hall–Kier alpha value is -1.68. The first-order valence-electron chi connectivity index (χ1n) is 5.35. The average Bonchev–Trinajstić information content (AvgIpc) is 2.64. The van der Waals surface area contributed by atoms with E-state index in [1.807, 2.05) is 18.2 Å². The van der Waals surface area contributed by atoms with Crippen LogP contribution in [0.15, 0.2) is 28.8 Å². The fourth-order valence-electron chi connectivity index (χ4n) is 1.71. The first-order valence-corrected chi connectivity index (χ1v) is 5.73. The van der Waals surface area contributed by atoms with Crippen LogP contribution < -0.4 is 9.47 Å². The van der Waals surface area contributed by atoms with E-state index < -0.39 is 0 Å². The van der Waals surface area contributed by atoms with Crippen LogP contribution in [0.4, 0.5) is 0 Å². The molecule has 0 aliphatic carbocycles. The highest BCUT2D eigenvalue weighted by Crippen LogP contribution is 2.34. The van der Waals surface area contributed by atoms with Crippen molar-refractivity contribution in [2.75, 3.05) is 13.2 Å². The molecule has 88 valence electrons. The summed E-state index contributed by atoms with van der Waals surface area (Å²) in [5.74, 6) is 1.50. The zero-order chi connectivity index (χ0) is 11.7. The molecule has 0 saturated carbocycles. The molecule has 1 aliphatic heterocycles. The molecule has 2 aromatic rings. The highest BCUT2D eigenvalue weighted by atomic mass is 35.5. The quantitative estimate of drug-likeness (QED) is 0.781. The zero-order valence-corrected chi connectivity index (χ0v) is 9.74. The number of hydrogen-bond acceptors (Lipinski definition) is 4. The van der Waals surface area contributed by atoms with Gasteiger partial charge in [-0.1, -0.05) is 5.16 Å². The van der Waals surface area contributed by atoms with Crippen molar-refractivity contribution in [2.45, 2.75) is 6.42 Å². The molecule has 0 N–H and O–H groups in total. The third kappa shape index (κ3) is 2.08. The maximum Gasteiger partial charge on any atom is 0.226 e. The maximum atomic E-state index is 5.69. The molecule has 1 aromatic carbocycles. The number of aromatic nitrogens is 1. The number of nitrogens with zero attached hydrogens (tertiary/aromatic N) is 1. The van der Waals surface area contributed by atoms with Gasteiger partial charge >= 0.3 is 0 Å². The van der Waals surface area contributed by atoms with E-state index >= 15 is 0 Å². The highest BCUT2D eigenvalue weighted by Gasteiger charge is 2.13. The van der Waals surface area contributed by atoms with E-state index in [0.717, 1.165) is 23.5 Å². The Kier molecular flexibility index (Phi) is 2.65. The van der Waals surface area contributed by atoms with E-state index in [4.69, 9.17) is 25.6 Å². The Morgan fingerprint density at radius 2 is 1.88 bits per heavy atom. The lowest BCUT2D eigenvalue weighted by Gasteiger charge is -2.07. The fourth-order valence-corrected chi connectivity index (χ4v) is 1.85. The minimum Gasteiger partial charge on any atom is -0.490 e. The van der Waals surface area contributed by atoms with E-state index in [9.17, 15) is 0 Å². The molecule has 5 heteroatoms. The third-order valence-corrected chi connectivity index (χ3v) is 2.70. The van der Waals surface area contributed by atoms with Gasteiger partial charge in [0.2, 0.25) is 5.22 Å². The molecule has 0 radical (unpaired) electrons. The van der Waals surface area contributed by atoms with Crippen molar-refractivity contribution in [1.29, 1.82) is 0 Å². The molecule has 0 spiro atoms. The number of hydrogen-bond donors (Lipinski definition) is 0. The van der Waals surface area contributed by atoms with Gasteiger partial charge in [-0.05, 0) is 29.8 Å². The van der Waals surface area contributed by atoms with E-state index in [1.165, 1.54) is 0 Å². The summed E-state index contributed by atoms with van der Waals surface area (Å²) in [5.41, 5.74) is 1.58. The molecule has 4 nitrogen and oxygen atoms in total. The first-order chi connectivity index (χ1) is 8.33. The minimum absolute atomic E-state index is 0.270. The van der Waals surface area contributed by atoms with Gasteiger partial charge in [-0.25, -0.2) is 0 Å². The number of fused-ring (bicyclic) bond motifs is 1. The molecular formula is C12H10ClNO3. The zero-order valence-electron chi connectivity index (χ0n) is 8.98. The summed E-state index contributed by atoms with van der Waals surface area (Å²) in [6, 6.07) is 7.33. The maximum absolute atomic E-state index is 5.69. The van der Waals surface area contributed by atoms with Gasteiger partial charge in [-0.2, -0.15) is 0 Å². The van der Waals surface area contributed by atoms with Crippen LogP contribution in [-0.2, 0) is 0 Å². The van der Waals surface area contributed by atoms with Crippen LogP contribution in [-0.4, -0.2) is 18.4 Å². The van der Waals surface area contributed by atoms with E-state index in [0.29, 0.717) is 18.9 Å². The number of halogens is 1. The standard InChI is InChI=1S/C12H10ClNO3/c13-12-7-9(14-17-12)8-2-3-10-11(6-8)16-5-1-4-15-10/h2-3,6-7H,1,4-5H2. The Morgan fingerprint density at radius 1 is 1.06 bits per heavy atom. The third-order valence-electron chi connectivity index (χ3n) is 2.52. The molecule has 0 saturated heterocycles. The lowest BCUT2D eigenvalue weighted by atomic mass is 10.1. The summed E-state index contributed by atoms with van der Waals surface area (Å²) in [7, 11) is 0. The molecule has 0 fully saturated rings. The predicted octanol–water partition coefficient (Wildman–Crippen LogP) is 3.16. The number of rotatable bonds is 1. The van der Waals surface area contributed by atoms with Crippen molar-refractivity contribution in [3.05, 3.63) is 29.5 Å². The largest absolute Gasteiger partial charge is 0.490 e. The van der Waals surface area contributed by atoms with Gasteiger partial charge < -0.3 is 14.0 Å². The molecule has 1 aromatic heterocycles. The molecule has 3 rings (SSSR count). The minimum atomic E-state index is 0.270. The predicted molar refractivity (Wildman–Crippen MR) is 62.6 cm³/mol. The Labute approximate surface area is 103 Å². The molecule has 2 heterocycles. The summed E-state index contributed by atoms with van der Waals surface area (Å²) >= 11 is 5.69. The van der Waals surface area contributed by atoms with Crippen molar-refractivity contribution in [2.24, 2.45) is 0 Å². The smallest absolute Gasteiger partial charge is 0.226 e. The monoisotopic (exact) mass is 251 g/mol.